The van der Waals surface area contributed by atoms with Gasteiger partial charge >= 0.3 is 0 Å². The highest BCUT2D eigenvalue weighted by atomic mass is 32.2. The number of imidazole rings is 1. The second kappa shape index (κ2) is 6.74. The number of fused-ring (bicyclic) bond motifs is 1. The summed E-state index contributed by atoms with van der Waals surface area (Å²) in [7, 11) is -0.363. The molecule has 0 spiro atoms. The minimum absolute atomic E-state index is 0.0603. The summed E-state index contributed by atoms with van der Waals surface area (Å²) in [6.07, 6.45) is 1.68. The summed E-state index contributed by atoms with van der Waals surface area (Å²) in [6, 6.07) is 5.29. The molecule has 2 unspecified atom stereocenters. The van der Waals surface area contributed by atoms with Crippen LogP contribution in [0.3, 0.4) is 0 Å². The van der Waals surface area contributed by atoms with Gasteiger partial charge in [-0.2, -0.15) is 0 Å². The van der Waals surface area contributed by atoms with E-state index in [9.17, 15) is 13.2 Å². The van der Waals surface area contributed by atoms with E-state index in [1.165, 1.54) is 18.4 Å². The lowest BCUT2D eigenvalue weighted by molar-refractivity contribution is 0.0921. The topological polar surface area (TPSA) is 93.0 Å². The molecule has 1 aliphatic rings. The van der Waals surface area contributed by atoms with Crippen LogP contribution in [0.25, 0.3) is 5.65 Å². The van der Waals surface area contributed by atoms with E-state index in [0.29, 0.717) is 24.6 Å². The molecule has 1 N–H and O–H groups in total. The first-order chi connectivity index (χ1) is 11.8. The maximum absolute atomic E-state index is 12.5. The Morgan fingerprint density at radius 1 is 1.40 bits per heavy atom. The Bertz CT molecular complexity index is 891. The second-order valence-electron chi connectivity index (χ2n) is 6.46. The third-order valence-corrected chi connectivity index (χ3v) is 6.39. The molecule has 136 valence electrons. The summed E-state index contributed by atoms with van der Waals surface area (Å²) >= 11 is 0. The van der Waals surface area contributed by atoms with Gasteiger partial charge in [0, 0.05) is 31.9 Å². The molecule has 1 amide bonds. The fourth-order valence-electron chi connectivity index (χ4n) is 2.84. The van der Waals surface area contributed by atoms with Crippen molar-refractivity contribution in [3.8, 4) is 0 Å². The van der Waals surface area contributed by atoms with Crippen LogP contribution in [0, 0.1) is 12.8 Å². The summed E-state index contributed by atoms with van der Waals surface area (Å²) in [4.78, 5) is 16.9. The summed E-state index contributed by atoms with van der Waals surface area (Å²) < 4.78 is 32.6. The van der Waals surface area contributed by atoms with Crippen LogP contribution in [0.5, 0.6) is 0 Å². The molecule has 0 radical (unpaired) electrons. The number of carbonyl (C=O) groups is 1. The molecule has 9 heteroatoms. The minimum atomic E-state index is -3.36. The Morgan fingerprint density at radius 3 is 2.84 bits per heavy atom. The number of amides is 1. The number of nitrogens with zero attached hydrogens (tertiary/aromatic N) is 3. The summed E-state index contributed by atoms with van der Waals surface area (Å²) in [5.74, 6) is -0.671. The zero-order valence-corrected chi connectivity index (χ0v) is 15.3. The molecule has 1 saturated heterocycles. The van der Waals surface area contributed by atoms with E-state index in [0.717, 1.165) is 5.69 Å². The lowest BCUT2D eigenvalue weighted by Gasteiger charge is -2.20. The van der Waals surface area contributed by atoms with E-state index >= 15 is 0 Å². The highest BCUT2D eigenvalue weighted by Crippen LogP contribution is 2.18. The predicted molar refractivity (Wildman–Crippen MR) is 93.0 cm³/mol. The number of sulfonamides is 1. The quantitative estimate of drug-likeness (QED) is 0.820. The maximum atomic E-state index is 12.5. The molecule has 2 atom stereocenters. The normalized spacial score (nSPS) is 21.1. The lowest BCUT2D eigenvalue weighted by Crippen LogP contribution is -2.43. The van der Waals surface area contributed by atoms with Crippen molar-refractivity contribution in [3.63, 3.8) is 0 Å². The minimum Gasteiger partial charge on any atom is -0.379 e. The molecule has 8 nitrogen and oxygen atoms in total. The van der Waals surface area contributed by atoms with E-state index in [1.807, 2.05) is 29.5 Å². The molecule has 0 saturated carbocycles. The van der Waals surface area contributed by atoms with Gasteiger partial charge in [-0.25, -0.2) is 17.7 Å². The van der Waals surface area contributed by atoms with Crippen molar-refractivity contribution in [2.24, 2.45) is 5.92 Å². The van der Waals surface area contributed by atoms with Gasteiger partial charge in [0.2, 0.25) is 10.0 Å². The first-order valence-electron chi connectivity index (χ1n) is 8.01. The Hall–Kier alpha value is -1.97. The van der Waals surface area contributed by atoms with Gasteiger partial charge in [0.15, 0.2) is 0 Å². The Morgan fingerprint density at radius 2 is 2.16 bits per heavy atom. The van der Waals surface area contributed by atoms with Gasteiger partial charge in [-0.1, -0.05) is 6.07 Å². The zero-order chi connectivity index (χ0) is 18.2. The molecule has 1 fully saturated rings. The molecule has 2 aromatic rings. The molecule has 0 aliphatic carbocycles. The van der Waals surface area contributed by atoms with E-state index in [1.54, 1.807) is 6.20 Å². The number of aryl methyl sites for hydroxylation is 1. The van der Waals surface area contributed by atoms with Crippen LogP contribution in [0.4, 0.5) is 0 Å². The number of aromatic nitrogens is 2. The third kappa shape index (κ3) is 3.68. The number of carbonyl (C=O) groups excluding carboxylic acids is 1. The van der Waals surface area contributed by atoms with Crippen molar-refractivity contribution in [2.45, 2.75) is 13.0 Å². The SMILES string of the molecule is Cc1cccc2nc(C(=O)NC3COCC3CS(=O)(=O)N(C)C)cn12. The molecule has 1 aliphatic heterocycles. The average molecular weight is 366 g/mol. The van der Waals surface area contributed by atoms with Crippen LogP contribution in [-0.2, 0) is 14.8 Å². The van der Waals surface area contributed by atoms with Crippen molar-refractivity contribution in [2.75, 3.05) is 33.1 Å². The Labute approximate surface area is 146 Å². The Balaban J connectivity index is 1.74. The Kier molecular flexibility index (Phi) is 4.81. The largest absolute Gasteiger partial charge is 0.379 e. The molecule has 3 heterocycles. The maximum Gasteiger partial charge on any atom is 0.271 e. The van der Waals surface area contributed by atoms with Crippen molar-refractivity contribution in [1.82, 2.24) is 19.0 Å². The smallest absolute Gasteiger partial charge is 0.271 e. The van der Waals surface area contributed by atoms with Crippen LogP contribution in [-0.4, -0.2) is 67.1 Å². The van der Waals surface area contributed by atoms with Gasteiger partial charge in [0.25, 0.3) is 5.91 Å². The fraction of sp³-hybridized carbons (Fsp3) is 0.500. The van der Waals surface area contributed by atoms with Crippen molar-refractivity contribution in [3.05, 3.63) is 35.8 Å². The van der Waals surface area contributed by atoms with Gasteiger partial charge in [0.1, 0.15) is 11.3 Å². The number of hydrogen-bond donors (Lipinski definition) is 1. The number of nitrogens with one attached hydrogen (secondary N) is 1. The van der Waals surface area contributed by atoms with Gasteiger partial charge in [-0.3, -0.25) is 4.79 Å². The van der Waals surface area contributed by atoms with Crippen LogP contribution in [0.2, 0.25) is 0 Å². The first-order valence-corrected chi connectivity index (χ1v) is 9.62. The van der Waals surface area contributed by atoms with E-state index in [4.69, 9.17) is 4.74 Å². The van der Waals surface area contributed by atoms with Gasteiger partial charge < -0.3 is 14.5 Å². The van der Waals surface area contributed by atoms with Crippen molar-refractivity contribution < 1.29 is 17.9 Å². The molecule has 0 aromatic carbocycles. The fourth-order valence-corrected chi connectivity index (χ4v) is 4.01. The number of hydrogen-bond acceptors (Lipinski definition) is 5. The van der Waals surface area contributed by atoms with Gasteiger partial charge in [-0.05, 0) is 19.1 Å². The summed E-state index contributed by atoms with van der Waals surface area (Å²) in [5.41, 5.74) is 1.97. The number of rotatable bonds is 5. The van der Waals surface area contributed by atoms with E-state index in [2.05, 4.69) is 10.3 Å². The first kappa shape index (κ1) is 17.8. The number of ether oxygens (including phenoxy) is 1. The second-order valence-corrected chi connectivity index (χ2v) is 8.69. The van der Waals surface area contributed by atoms with Crippen molar-refractivity contribution in [1.29, 1.82) is 0 Å². The van der Waals surface area contributed by atoms with Crippen LogP contribution >= 0.6 is 0 Å². The average Bonchev–Trinajstić information content (AvgIpc) is 3.15. The summed E-state index contributed by atoms with van der Waals surface area (Å²) in [5, 5.41) is 2.86. The molecular formula is C16H22N4O4S. The monoisotopic (exact) mass is 366 g/mol. The molecule has 25 heavy (non-hydrogen) atoms. The predicted octanol–water partition coefficient (Wildman–Crippen LogP) is 0.279. The van der Waals surface area contributed by atoms with Gasteiger partial charge in [0.05, 0.1) is 25.0 Å². The highest BCUT2D eigenvalue weighted by Gasteiger charge is 2.34. The molecular weight excluding hydrogens is 344 g/mol. The zero-order valence-electron chi connectivity index (χ0n) is 14.5. The van der Waals surface area contributed by atoms with Crippen LogP contribution in [0.15, 0.2) is 24.4 Å². The highest BCUT2D eigenvalue weighted by molar-refractivity contribution is 7.89. The van der Waals surface area contributed by atoms with E-state index in [-0.39, 0.29) is 23.6 Å². The van der Waals surface area contributed by atoms with Gasteiger partial charge in [-0.15, -0.1) is 0 Å². The van der Waals surface area contributed by atoms with Crippen LogP contribution in [0.1, 0.15) is 16.2 Å². The lowest BCUT2D eigenvalue weighted by atomic mass is 10.1. The molecule has 3 rings (SSSR count). The molecule has 0 bridgehead atoms. The molecule has 2 aromatic heterocycles. The third-order valence-electron chi connectivity index (χ3n) is 4.42. The summed E-state index contributed by atoms with van der Waals surface area (Å²) in [6.45, 7) is 2.54. The number of pyridine rings is 1. The van der Waals surface area contributed by atoms with Crippen LogP contribution < -0.4 is 5.32 Å². The van der Waals surface area contributed by atoms with E-state index < -0.39 is 10.0 Å². The van der Waals surface area contributed by atoms with Crippen molar-refractivity contribution >= 4 is 21.6 Å². The standard InChI is InChI=1S/C16H22N4O4S/c1-11-5-4-6-15-17-13(7-20(11)15)16(21)18-14-9-24-8-12(14)10-25(22,23)19(2)3/h4-7,12,14H,8-10H2,1-3H3,(H,18,21).